The Morgan fingerprint density at radius 3 is 2.50 bits per heavy atom. The third-order valence-electron chi connectivity index (χ3n) is 3.10. The van der Waals surface area contributed by atoms with E-state index in [9.17, 15) is 5.11 Å². The molecule has 18 heavy (non-hydrogen) atoms. The van der Waals surface area contributed by atoms with Crippen LogP contribution in [0.15, 0.2) is 12.1 Å². The molecule has 1 aromatic rings. The number of pyridine rings is 1. The van der Waals surface area contributed by atoms with Gasteiger partial charge in [0, 0.05) is 24.5 Å². The van der Waals surface area contributed by atoms with Crippen LogP contribution in [0.2, 0.25) is 0 Å². The molecule has 0 fully saturated rings. The minimum Gasteiger partial charge on any atom is -0.392 e. The van der Waals surface area contributed by atoms with Gasteiger partial charge in [0.25, 0.3) is 0 Å². The molecule has 1 aromatic heterocycles. The van der Waals surface area contributed by atoms with E-state index in [4.69, 9.17) is 0 Å². The van der Waals surface area contributed by atoms with E-state index in [1.54, 1.807) is 0 Å². The molecule has 102 valence electrons. The van der Waals surface area contributed by atoms with Crippen LogP contribution >= 0.6 is 11.8 Å². The SMILES string of the molecule is CSCC(C)N(C)c1cc(CO)cc(C(C)C)n1. The number of rotatable bonds is 6. The molecular weight excluding hydrogens is 244 g/mol. The molecule has 4 heteroatoms. The largest absolute Gasteiger partial charge is 0.392 e. The summed E-state index contributed by atoms with van der Waals surface area (Å²) < 4.78 is 0. The van der Waals surface area contributed by atoms with Gasteiger partial charge in [0.05, 0.1) is 6.61 Å². The summed E-state index contributed by atoms with van der Waals surface area (Å²) in [6.07, 6.45) is 2.11. The number of anilines is 1. The average Bonchev–Trinajstić information content (AvgIpc) is 2.37. The van der Waals surface area contributed by atoms with Gasteiger partial charge < -0.3 is 10.0 Å². The maximum absolute atomic E-state index is 9.34. The van der Waals surface area contributed by atoms with Crippen LogP contribution < -0.4 is 4.90 Å². The van der Waals surface area contributed by atoms with Gasteiger partial charge in [-0.05, 0) is 36.8 Å². The molecule has 0 saturated carbocycles. The number of nitrogens with zero attached hydrogens (tertiary/aromatic N) is 2. The van der Waals surface area contributed by atoms with Gasteiger partial charge in [-0.1, -0.05) is 13.8 Å². The summed E-state index contributed by atoms with van der Waals surface area (Å²) in [5.41, 5.74) is 1.98. The van der Waals surface area contributed by atoms with Crippen LogP contribution in [0.5, 0.6) is 0 Å². The molecule has 0 spiro atoms. The molecule has 1 rings (SSSR count). The molecule has 1 unspecified atom stereocenters. The zero-order chi connectivity index (χ0) is 13.7. The first-order valence-electron chi connectivity index (χ1n) is 6.33. The Bertz CT molecular complexity index is 382. The first-order valence-corrected chi connectivity index (χ1v) is 7.72. The van der Waals surface area contributed by atoms with Crippen LogP contribution in [-0.4, -0.2) is 35.2 Å². The summed E-state index contributed by atoms with van der Waals surface area (Å²) in [5.74, 6) is 2.39. The van der Waals surface area contributed by atoms with E-state index in [-0.39, 0.29) is 6.61 Å². The highest BCUT2D eigenvalue weighted by Crippen LogP contribution is 2.21. The van der Waals surface area contributed by atoms with Crippen LogP contribution in [0.25, 0.3) is 0 Å². The zero-order valence-corrected chi connectivity index (χ0v) is 12.8. The summed E-state index contributed by atoms with van der Waals surface area (Å²) in [6, 6.07) is 4.39. The summed E-state index contributed by atoms with van der Waals surface area (Å²) >= 11 is 1.83. The molecule has 1 heterocycles. The summed E-state index contributed by atoms with van der Waals surface area (Å²) in [6.45, 7) is 6.51. The predicted octanol–water partition coefficient (Wildman–Crippen LogP) is 2.89. The maximum atomic E-state index is 9.34. The molecule has 0 amide bonds. The molecule has 0 saturated heterocycles. The van der Waals surface area contributed by atoms with E-state index in [0.717, 1.165) is 22.8 Å². The third kappa shape index (κ3) is 3.89. The molecule has 0 radical (unpaired) electrons. The highest BCUT2D eigenvalue weighted by molar-refractivity contribution is 7.98. The van der Waals surface area contributed by atoms with Crippen molar-refractivity contribution in [2.75, 3.05) is 24.0 Å². The lowest BCUT2D eigenvalue weighted by Gasteiger charge is -2.26. The summed E-state index contributed by atoms with van der Waals surface area (Å²) in [4.78, 5) is 6.87. The molecule has 3 nitrogen and oxygen atoms in total. The van der Waals surface area contributed by atoms with Gasteiger partial charge in [-0.3, -0.25) is 0 Å². The number of hydrogen-bond donors (Lipinski definition) is 1. The fraction of sp³-hybridized carbons (Fsp3) is 0.643. The smallest absolute Gasteiger partial charge is 0.129 e. The second-order valence-corrected chi connectivity index (χ2v) is 5.90. The first-order chi connectivity index (χ1) is 8.49. The number of thioether (sulfide) groups is 1. The van der Waals surface area contributed by atoms with E-state index in [1.165, 1.54) is 0 Å². The second-order valence-electron chi connectivity index (χ2n) is 4.99. The Morgan fingerprint density at radius 2 is 2.00 bits per heavy atom. The highest BCUT2D eigenvalue weighted by atomic mass is 32.2. The standard InChI is InChI=1S/C14H24N2OS/c1-10(2)13-6-12(8-17)7-14(15-13)16(4)11(3)9-18-5/h6-7,10-11,17H,8-9H2,1-5H3. The van der Waals surface area contributed by atoms with Crippen molar-refractivity contribution in [3.63, 3.8) is 0 Å². The van der Waals surface area contributed by atoms with E-state index in [0.29, 0.717) is 12.0 Å². The molecule has 0 bridgehead atoms. The Morgan fingerprint density at radius 1 is 1.33 bits per heavy atom. The third-order valence-corrected chi connectivity index (χ3v) is 3.91. The van der Waals surface area contributed by atoms with E-state index < -0.39 is 0 Å². The lowest BCUT2D eigenvalue weighted by atomic mass is 10.1. The van der Waals surface area contributed by atoms with Crippen molar-refractivity contribution in [3.05, 3.63) is 23.4 Å². The Kier molecular flexibility index (Phi) is 5.96. The van der Waals surface area contributed by atoms with Gasteiger partial charge in [-0.25, -0.2) is 4.98 Å². The maximum Gasteiger partial charge on any atom is 0.129 e. The van der Waals surface area contributed by atoms with Gasteiger partial charge in [0.2, 0.25) is 0 Å². The first kappa shape index (κ1) is 15.3. The number of aromatic nitrogens is 1. The number of aliphatic hydroxyl groups is 1. The van der Waals surface area contributed by atoms with E-state index >= 15 is 0 Å². The quantitative estimate of drug-likeness (QED) is 0.860. The van der Waals surface area contributed by atoms with Gasteiger partial charge in [-0.15, -0.1) is 0 Å². The van der Waals surface area contributed by atoms with Crippen molar-refractivity contribution < 1.29 is 5.11 Å². The summed E-state index contributed by atoms with van der Waals surface area (Å²) in [5, 5.41) is 9.34. The topological polar surface area (TPSA) is 36.4 Å². The Balaban J connectivity index is 3.03. The predicted molar refractivity (Wildman–Crippen MR) is 80.5 cm³/mol. The average molecular weight is 268 g/mol. The van der Waals surface area contributed by atoms with Crippen LogP contribution in [-0.2, 0) is 6.61 Å². The fourth-order valence-corrected chi connectivity index (χ4v) is 2.45. The van der Waals surface area contributed by atoms with E-state index in [2.05, 4.69) is 44.0 Å². The molecule has 1 N–H and O–H groups in total. The lowest BCUT2D eigenvalue weighted by Crippen LogP contribution is -2.31. The summed E-state index contributed by atoms with van der Waals surface area (Å²) in [7, 11) is 2.06. The van der Waals surface area contributed by atoms with Crippen LogP contribution in [0.3, 0.4) is 0 Å². The van der Waals surface area contributed by atoms with Crippen molar-refractivity contribution in [2.45, 2.75) is 39.3 Å². The van der Waals surface area contributed by atoms with Crippen molar-refractivity contribution in [1.82, 2.24) is 4.98 Å². The molecule has 1 atom stereocenters. The van der Waals surface area contributed by atoms with Crippen LogP contribution in [0.1, 0.15) is 37.9 Å². The van der Waals surface area contributed by atoms with Gasteiger partial charge in [0.15, 0.2) is 0 Å². The highest BCUT2D eigenvalue weighted by Gasteiger charge is 2.13. The Hall–Kier alpha value is -0.740. The number of hydrogen-bond acceptors (Lipinski definition) is 4. The molecule has 0 aromatic carbocycles. The minimum absolute atomic E-state index is 0.0694. The monoisotopic (exact) mass is 268 g/mol. The normalized spacial score (nSPS) is 12.8. The molecule has 0 aliphatic rings. The van der Waals surface area contributed by atoms with Crippen molar-refractivity contribution in [1.29, 1.82) is 0 Å². The van der Waals surface area contributed by atoms with Crippen molar-refractivity contribution in [2.24, 2.45) is 0 Å². The number of aliphatic hydroxyl groups excluding tert-OH is 1. The lowest BCUT2D eigenvalue weighted by molar-refractivity contribution is 0.281. The van der Waals surface area contributed by atoms with Gasteiger partial charge >= 0.3 is 0 Å². The Labute approximate surface area is 115 Å². The van der Waals surface area contributed by atoms with Gasteiger partial charge in [0.1, 0.15) is 5.82 Å². The molecule has 0 aliphatic carbocycles. The fourth-order valence-electron chi connectivity index (χ4n) is 1.74. The molecular formula is C14H24N2OS. The van der Waals surface area contributed by atoms with Crippen LogP contribution in [0, 0.1) is 0 Å². The van der Waals surface area contributed by atoms with Crippen molar-refractivity contribution in [3.8, 4) is 0 Å². The second kappa shape index (κ2) is 7.00. The van der Waals surface area contributed by atoms with Gasteiger partial charge in [-0.2, -0.15) is 11.8 Å². The minimum atomic E-state index is 0.0694. The van der Waals surface area contributed by atoms with Crippen LogP contribution in [0.4, 0.5) is 5.82 Å². The zero-order valence-electron chi connectivity index (χ0n) is 12.0. The van der Waals surface area contributed by atoms with Crippen molar-refractivity contribution >= 4 is 17.6 Å². The van der Waals surface area contributed by atoms with E-state index in [1.807, 2.05) is 23.9 Å². The molecule has 0 aliphatic heterocycles.